The first-order valence-electron chi connectivity index (χ1n) is 6.91. The molecule has 1 unspecified atom stereocenters. The van der Waals surface area contributed by atoms with E-state index in [1.165, 1.54) is 0 Å². The van der Waals surface area contributed by atoms with Crippen LogP contribution in [0.25, 0.3) is 0 Å². The normalized spacial score (nSPS) is 20.5. The molecular formula is C17H16N2O2S. The smallest absolute Gasteiger partial charge is 0.261 e. The van der Waals surface area contributed by atoms with Gasteiger partial charge in [0.2, 0.25) is 0 Å². The van der Waals surface area contributed by atoms with E-state index in [9.17, 15) is 4.79 Å². The first kappa shape index (κ1) is 14.5. The van der Waals surface area contributed by atoms with Crippen molar-refractivity contribution in [3.63, 3.8) is 0 Å². The van der Waals surface area contributed by atoms with Crippen molar-refractivity contribution in [3.8, 4) is 5.75 Å². The molecule has 1 fully saturated rings. The fraction of sp³-hybridized carbons (Fsp3) is 0.176. The van der Waals surface area contributed by atoms with Gasteiger partial charge in [0, 0.05) is 0 Å². The third-order valence-corrected chi connectivity index (χ3v) is 4.08. The first-order valence-corrected chi connectivity index (χ1v) is 7.32. The Kier molecular flexibility index (Phi) is 3.58. The minimum Gasteiger partial charge on any atom is -0.497 e. The fourth-order valence-electron chi connectivity index (χ4n) is 2.67. The van der Waals surface area contributed by atoms with Gasteiger partial charge in [-0.05, 0) is 42.4 Å². The van der Waals surface area contributed by atoms with Gasteiger partial charge < -0.3 is 15.4 Å². The predicted molar refractivity (Wildman–Crippen MR) is 88.8 cm³/mol. The standard InChI is InChI=1S/C17H16N2O2S/c1-11-3-5-12(6-4-11)17(15(20)18-16(22)19-17)13-7-9-14(21-2)10-8-13/h3-10H,1-2H3,(H2,18,19,20,22). The minimum absolute atomic E-state index is 0.175. The average Bonchev–Trinajstić information content (AvgIpc) is 2.83. The Hall–Kier alpha value is -2.40. The molecule has 22 heavy (non-hydrogen) atoms. The van der Waals surface area contributed by atoms with Gasteiger partial charge in [0.15, 0.2) is 10.7 Å². The number of amides is 1. The van der Waals surface area contributed by atoms with Gasteiger partial charge >= 0.3 is 0 Å². The van der Waals surface area contributed by atoms with Gasteiger partial charge in [-0.1, -0.05) is 42.0 Å². The summed E-state index contributed by atoms with van der Waals surface area (Å²) in [6.45, 7) is 2.01. The molecule has 1 saturated heterocycles. The van der Waals surface area contributed by atoms with Crippen LogP contribution in [0.3, 0.4) is 0 Å². The number of thiocarbonyl (C=S) groups is 1. The van der Waals surface area contributed by atoms with Gasteiger partial charge in [0.1, 0.15) is 5.75 Å². The van der Waals surface area contributed by atoms with E-state index in [0.29, 0.717) is 5.11 Å². The molecule has 0 aliphatic carbocycles. The van der Waals surface area contributed by atoms with Crippen LogP contribution in [0.2, 0.25) is 0 Å². The number of methoxy groups -OCH3 is 1. The SMILES string of the molecule is COc1ccc(C2(c3ccc(C)cc3)NC(=S)NC2=O)cc1. The van der Waals surface area contributed by atoms with Crippen molar-refractivity contribution in [1.82, 2.24) is 10.6 Å². The summed E-state index contributed by atoms with van der Waals surface area (Å²) in [5.74, 6) is 0.565. The van der Waals surface area contributed by atoms with Crippen LogP contribution >= 0.6 is 12.2 Å². The Morgan fingerprint density at radius 1 is 1.00 bits per heavy atom. The zero-order valence-electron chi connectivity index (χ0n) is 12.3. The number of aryl methyl sites for hydroxylation is 1. The van der Waals surface area contributed by atoms with E-state index in [1.54, 1.807) is 7.11 Å². The van der Waals surface area contributed by atoms with E-state index in [0.717, 1.165) is 22.4 Å². The molecule has 2 N–H and O–H groups in total. The van der Waals surface area contributed by atoms with E-state index in [1.807, 2.05) is 55.5 Å². The van der Waals surface area contributed by atoms with Crippen molar-refractivity contribution >= 4 is 23.2 Å². The molecule has 1 atom stereocenters. The van der Waals surface area contributed by atoms with Crippen LogP contribution in [-0.4, -0.2) is 18.1 Å². The number of nitrogens with one attached hydrogen (secondary N) is 2. The molecule has 1 aliphatic rings. The number of benzene rings is 2. The Balaban J connectivity index is 2.16. The zero-order chi connectivity index (χ0) is 15.7. The Bertz CT molecular complexity index is 725. The van der Waals surface area contributed by atoms with Gasteiger partial charge in [0.25, 0.3) is 5.91 Å². The van der Waals surface area contributed by atoms with Crippen molar-refractivity contribution in [2.24, 2.45) is 0 Å². The highest BCUT2D eigenvalue weighted by Gasteiger charge is 2.47. The second kappa shape index (κ2) is 5.42. The molecule has 3 rings (SSSR count). The summed E-state index contributed by atoms with van der Waals surface area (Å²) in [4.78, 5) is 12.7. The zero-order valence-corrected chi connectivity index (χ0v) is 13.2. The van der Waals surface area contributed by atoms with Gasteiger partial charge in [-0.15, -0.1) is 0 Å². The van der Waals surface area contributed by atoms with Crippen LogP contribution in [0.4, 0.5) is 0 Å². The lowest BCUT2D eigenvalue weighted by atomic mass is 9.82. The lowest BCUT2D eigenvalue weighted by Gasteiger charge is -2.28. The molecule has 1 heterocycles. The van der Waals surface area contributed by atoms with Crippen LogP contribution in [0.5, 0.6) is 5.75 Å². The number of hydrogen-bond donors (Lipinski definition) is 2. The van der Waals surface area contributed by atoms with Crippen LogP contribution in [0.15, 0.2) is 48.5 Å². The van der Waals surface area contributed by atoms with Crippen LogP contribution in [0, 0.1) is 6.92 Å². The van der Waals surface area contributed by atoms with Crippen LogP contribution in [-0.2, 0) is 10.3 Å². The summed E-state index contributed by atoms with van der Waals surface area (Å²) < 4.78 is 5.19. The third-order valence-electron chi connectivity index (χ3n) is 3.88. The summed E-state index contributed by atoms with van der Waals surface area (Å²) in [7, 11) is 1.61. The molecule has 4 nitrogen and oxygen atoms in total. The van der Waals surface area contributed by atoms with Gasteiger partial charge in [-0.25, -0.2) is 0 Å². The molecule has 0 saturated carbocycles. The number of ether oxygens (including phenoxy) is 1. The highest BCUT2D eigenvalue weighted by Crippen LogP contribution is 2.33. The summed E-state index contributed by atoms with van der Waals surface area (Å²) in [6, 6.07) is 15.3. The third kappa shape index (κ3) is 2.23. The largest absolute Gasteiger partial charge is 0.497 e. The number of hydrogen-bond acceptors (Lipinski definition) is 3. The molecule has 2 aromatic carbocycles. The molecule has 0 aromatic heterocycles. The van der Waals surface area contributed by atoms with E-state index in [4.69, 9.17) is 17.0 Å². The van der Waals surface area contributed by atoms with Gasteiger partial charge in [0.05, 0.1) is 7.11 Å². The second-order valence-corrected chi connectivity index (χ2v) is 5.66. The maximum Gasteiger partial charge on any atom is 0.261 e. The molecule has 0 radical (unpaired) electrons. The first-order chi connectivity index (χ1) is 10.6. The fourth-order valence-corrected chi connectivity index (χ4v) is 2.92. The van der Waals surface area contributed by atoms with Gasteiger partial charge in [-0.2, -0.15) is 0 Å². The summed E-state index contributed by atoms with van der Waals surface area (Å²) in [5.41, 5.74) is 1.79. The number of carbonyl (C=O) groups excluding carboxylic acids is 1. The monoisotopic (exact) mass is 312 g/mol. The van der Waals surface area contributed by atoms with Crippen molar-refractivity contribution in [3.05, 3.63) is 65.2 Å². The molecule has 0 spiro atoms. The van der Waals surface area contributed by atoms with E-state index >= 15 is 0 Å². The van der Waals surface area contributed by atoms with Crippen LogP contribution < -0.4 is 15.4 Å². The minimum atomic E-state index is -1.00. The Morgan fingerprint density at radius 2 is 1.55 bits per heavy atom. The summed E-state index contributed by atoms with van der Waals surface area (Å²) in [5, 5.41) is 6.17. The molecular weight excluding hydrogens is 296 g/mol. The van der Waals surface area contributed by atoms with E-state index in [-0.39, 0.29) is 5.91 Å². The van der Waals surface area contributed by atoms with E-state index in [2.05, 4.69) is 10.6 Å². The number of rotatable bonds is 3. The topological polar surface area (TPSA) is 50.4 Å². The molecule has 112 valence electrons. The molecule has 2 aromatic rings. The lowest BCUT2D eigenvalue weighted by molar-refractivity contribution is -0.122. The maximum atomic E-state index is 12.7. The molecule has 1 aliphatic heterocycles. The lowest BCUT2D eigenvalue weighted by Crippen LogP contribution is -2.44. The molecule has 1 amide bonds. The van der Waals surface area contributed by atoms with Crippen LogP contribution in [0.1, 0.15) is 16.7 Å². The molecule has 5 heteroatoms. The van der Waals surface area contributed by atoms with Gasteiger partial charge in [-0.3, -0.25) is 4.79 Å². The highest BCUT2D eigenvalue weighted by atomic mass is 32.1. The summed E-state index contributed by atoms with van der Waals surface area (Å²) in [6.07, 6.45) is 0. The van der Waals surface area contributed by atoms with E-state index < -0.39 is 5.54 Å². The second-order valence-electron chi connectivity index (χ2n) is 5.25. The quantitative estimate of drug-likeness (QED) is 0.854. The predicted octanol–water partition coefficient (Wildman–Crippen LogP) is 2.25. The number of carbonyl (C=O) groups is 1. The van der Waals surface area contributed by atoms with Crippen molar-refractivity contribution in [2.45, 2.75) is 12.5 Å². The van der Waals surface area contributed by atoms with Crippen molar-refractivity contribution in [2.75, 3.05) is 7.11 Å². The van der Waals surface area contributed by atoms with Crippen molar-refractivity contribution < 1.29 is 9.53 Å². The molecule has 0 bridgehead atoms. The van der Waals surface area contributed by atoms with Crippen molar-refractivity contribution in [1.29, 1.82) is 0 Å². The Labute approximate surface area is 134 Å². The Morgan fingerprint density at radius 3 is 2.00 bits per heavy atom. The average molecular weight is 312 g/mol. The highest BCUT2D eigenvalue weighted by molar-refractivity contribution is 7.80. The summed E-state index contributed by atoms with van der Waals surface area (Å²) >= 11 is 5.15. The maximum absolute atomic E-state index is 12.7.